The molecule has 0 aromatic heterocycles. The third kappa shape index (κ3) is 2.84. The molecule has 1 aromatic rings. The predicted molar refractivity (Wildman–Crippen MR) is 81.5 cm³/mol. The minimum Gasteiger partial charge on any atom is -0.375 e. The molecule has 3 unspecified atom stereocenters. The first kappa shape index (κ1) is 12.7. The van der Waals surface area contributed by atoms with Crippen molar-refractivity contribution in [1.82, 2.24) is 5.32 Å². The van der Waals surface area contributed by atoms with Crippen molar-refractivity contribution in [2.75, 3.05) is 25.0 Å². The van der Waals surface area contributed by atoms with Crippen LogP contribution in [0.25, 0.3) is 0 Å². The summed E-state index contributed by atoms with van der Waals surface area (Å²) in [5.41, 5.74) is 1.31. The molecule has 0 radical (unpaired) electrons. The Morgan fingerprint density at radius 1 is 1.26 bits per heavy atom. The van der Waals surface area contributed by atoms with Crippen LogP contribution in [0.2, 0.25) is 0 Å². The first-order chi connectivity index (χ1) is 9.34. The van der Waals surface area contributed by atoms with Crippen molar-refractivity contribution in [2.45, 2.75) is 25.3 Å². The number of rotatable bonds is 6. The summed E-state index contributed by atoms with van der Waals surface area (Å²) in [5.74, 6) is 1.80. The van der Waals surface area contributed by atoms with Gasteiger partial charge in [0.1, 0.15) is 0 Å². The second kappa shape index (κ2) is 5.79. The van der Waals surface area contributed by atoms with E-state index in [9.17, 15) is 0 Å². The number of hydrogen-bond acceptors (Lipinski definition) is 2. The Hall–Kier alpha value is -1.28. The summed E-state index contributed by atoms with van der Waals surface area (Å²) in [6, 6.07) is 11.4. The van der Waals surface area contributed by atoms with E-state index in [4.69, 9.17) is 0 Å². The number of hydrogen-bond donors (Lipinski definition) is 1. The van der Waals surface area contributed by atoms with Gasteiger partial charge < -0.3 is 10.2 Å². The highest BCUT2D eigenvalue weighted by atomic mass is 15.1. The predicted octanol–water partition coefficient (Wildman–Crippen LogP) is 3.07. The molecule has 0 saturated heterocycles. The molecule has 1 aromatic carbocycles. The fourth-order valence-electron chi connectivity index (χ4n) is 3.36. The minimum absolute atomic E-state index is 0.755. The van der Waals surface area contributed by atoms with Crippen LogP contribution < -0.4 is 10.2 Å². The average molecular weight is 256 g/mol. The van der Waals surface area contributed by atoms with Crippen LogP contribution in [0.1, 0.15) is 19.3 Å². The zero-order chi connectivity index (χ0) is 13.1. The molecule has 2 aliphatic carbocycles. The van der Waals surface area contributed by atoms with Gasteiger partial charge in [0.2, 0.25) is 0 Å². The van der Waals surface area contributed by atoms with Gasteiger partial charge >= 0.3 is 0 Å². The molecule has 0 spiro atoms. The Morgan fingerprint density at radius 3 is 2.89 bits per heavy atom. The topological polar surface area (TPSA) is 15.3 Å². The van der Waals surface area contributed by atoms with E-state index < -0.39 is 0 Å². The lowest BCUT2D eigenvalue weighted by Gasteiger charge is -2.41. The molecule has 0 bridgehead atoms. The first-order valence-electron chi connectivity index (χ1n) is 7.51. The molecule has 1 saturated carbocycles. The van der Waals surface area contributed by atoms with Crippen molar-refractivity contribution in [3.63, 3.8) is 0 Å². The number of nitrogens with zero attached hydrogens (tertiary/aromatic N) is 1. The van der Waals surface area contributed by atoms with Crippen LogP contribution in [-0.4, -0.2) is 26.2 Å². The summed E-state index contributed by atoms with van der Waals surface area (Å²) in [5, 5.41) is 3.72. The molecule has 2 nitrogen and oxygen atoms in total. The summed E-state index contributed by atoms with van der Waals surface area (Å²) in [7, 11) is 2.18. The second-order valence-corrected chi connectivity index (χ2v) is 5.91. The van der Waals surface area contributed by atoms with E-state index in [1.54, 1.807) is 0 Å². The van der Waals surface area contributed by atoms with Crippen LogP contribution in [0.4, 0.5) is 5.69 Å². The molecule has 102 valence electrons. The standard InChI is InChI=1S/C17H24N2/c1-19(15-8-3-2-4-9-15)12-6-11-18-17-13-14-7-5-10-16(14)17/h2-5,8-10,14,16-18H,6-7,11-13H2,1H3. The Labute approximate surface area is 116 Å². The largest absolute Gasteiger partial charge is 0.375 e. The number of allylic oxidation sites excluding steroid dienone is 1. The number of fused-ring (bicyclic) bond motifs is 1. The first-order valence-corrected chi connectivity index (χ1v) is 7.51. The van der Waals surface area contributed by atoms with Gasteiger partial charge in [-0.15, -0.1) is 0 Å². The van der Waals surface area contributed by atoms with Gasteiger partial charge in [0.15, 0.2) is 0 Å². The Morgan fingerprint density at radius 2 is 2.11 bits per heavy atom. The molecule has 0 aliphatic heterocycles. The van der Waals surface area contributed by atoms with E-state index in [-0.39, 0.29) is 0 Å². The van der Waals surface area contributed by atoms with Crippen LogP contribution in [0.5, 0.6) is 0 Å². The van der Waals surface area contributed by atoms with Gasteiger partial charge in [-0.3, -0.25) is 0 Å². The maximum absolute atomic E-state index is 3.72. The van der Waals surface area contributed by atoms with Crippen molar-refractivity contribution >= 4 is 5.69 Å². The van der Waals surface area contributed by atoms with Crippen molar-refractivity contribution in [2.24, 2.45) is 11.8 Å². The highest BCUT2D eigenvalue weighted by Crippen LogP contribution is 2.42. The number of nitrogens with one attached hydrogen (secondary N) is 1. The highest BCUT2D eigenvalue weighted by molar-refractivity contribution is 5.44. The van der Waals surface area contributed by atoms with Gasteiger partial charge in [0.25, 0.3) is 0 Å². The molecule has 0 amide bonds. The molecule has 2 heteroatoms. The minimum atomic E-state index is 0.755. The summed E-state index contributed by atoms with van der Waals surface area (Å²) < 4.78 is 0. The Kier molecular flexibility index (Phi) is 3.88. The summed E-state index contributed by atoms with van der Waals surface area (Å²) in [6.07, 6.45) is 8.69. The zero-order valence-corrected chi connectivity index (χ0v) is 11.8. The van der Waals surface area contributed by atoms with E-state index in [2.05, 4.69) is 59.7 Å². The Balaban J connectivity index is 1.34. The fraction of sp³-hybridized carbons (Fsp3) is 0.529. The van der Waals surface area contributed by atoms with Crippen LogP contribution in [-0.2, 0) is 0 Å². The van der Waals surface area contributed by atoms with Gasteiger partial charge in [-0.05, 0) is 49.8 Å². The lowest BCUT2D eigenvalue weighted by molar-refractivity contribution is 0.164. The van der Waals surface area contributed by atoms with E-state index in [1.807, 2.05) is 0 Å². The number of anilines is 1. The SMILES string of the molecule is CN(CCCNC1CC2CC=CC21)c1ccccc1. The van der Waals surface area contributed by atoms with Crippen LogP contribution >= 0.6 is 0 Å². The normalized spacial score (nSPS) is 27.9. The summed E-state index contributed by atoms with van der Waals surface area (Å²) in [4.78, 5) is 2.33. The maximum atomic E-state index is 3.72. The van der Waals surface area contributed by atoms with Crippen LogP contribution in [0, 0.1) is 11.8 Å². The zero-order valence-electron chi connectivity index (χ0n) is 11.8. The van der Waals surface area contributed by atoms with Gasteiger partial charge in [-0.25, -0.2) is 0 Å². The van der Waals surface area contributed by atoms with E-state index in [0.29, 0.717) is 0 Å². The number of benzene rings is 1. The molecule has 19 heavy (non-hydrogen) atoms. The van der Waals surface area contributed by atoms with Crippen molar-refractivity contribution in [3.05, 3.63) is 42.5 Å². The molecule has 2 aliphatic rings. The van der Waals surface area contributed by atoms with Crippen molar-refractivity contribution < 1.29 is 0 Å². The fourth-order valence-corrected chi connectivity index (χ4v) is 3.36. The quantitative estimate of drug-likeness (QED) is 0.621. The average Bonchev–Trinajstić information content (AvgIpc) is 2.80. The molecule has 1 fully saturated rings. The van der Waals surface area contributed by atoms with Gasteiger partial charge in [0.05, 0.1) is 0 Å². The lowest BCUT2D eigenvalue weighted by atomic mass is 9.71. The Bertz CT molecular complexity index is 426. The molecule has 3 atom stereocenters. The second-order valence-electron chi connectivity index (χ2n) is 5.91. The summed E-state index contributed by atoms with van der Waals surface area (Å²) >= 11 is 0. The van der Waals surface area contributed by atoms with Gasteiger partial charge in [-0.1, -0.05) is 30.4 Å². The molecule has 1 N–H and O–H groups in total. The third-order valence-corrected chi connectivity index (χ3v) is 4.64. The highest BCUT2D eigenvalue weighted by Gasteiger charge is 2.40. The molecule has 0 heterocycles. The van der Waals surface area contributed by atoms with E-state index in [1.165, 1.54) is 24.9 Å². The summed E-state index contributed by atoms with van der Waals surface area (Å²) in [6.45, 7) is 2.26. The smallest absolute Gasteiger partial charge is 0.0363 e. The van der Waals surface area contributed by atoms with E-state index >= 15 is 0 Å². The number of para-hydroxylation sites is 1. The van der Waals surface area contributed by atoms with Crippen LogP contribution in [0.3, 0.4) is 0 Å². The third-order valence-electron chi connectivity index (χ3n) is 4.64. The molecular formula is C17H24N2. The van der Waals surface area contributed by atoms with Gasteiger partial charge in [0, 0.05) is 25.3 Å². The van der Waals surface area contributed by atoms with Crippen LogP contribution in [0.15, 0.2) is 42.5 Å². The molecule has 3 rings (SSSR count). The van der Waals surface area contributed by atoms with E-state index in [0.717, 1.165) is 31.0 Å². The van der Waals surface area contributed by atoms with Crippen molar-refractivity contribution in [3.8, 4) is 0 Å². The monoisotopic (exact) mass is 256 g/mol. The van der Waals surface area contributed by atoms with Crippen molar-refractivity contribution in [1.29, 1.82) is 0 Å². The van der Waals surface area contributed by atoms with Gasteiger partial charge in [-0.2, -0.15) is 0 Å². The molecular weight excluding hydrogens is 232 g/mol. The maximum Gasteiger partial charge on any atom is 0.0363 e. The lowest BCUT2D eigenvalue weighted by Crippen LogP contribution is -2.48.